The summed E-state index contributed by atoms with van der Waals surface area (Å²) in [6.45, 7) is 0.646. The largest absolute Gasteiger partial charge is 0.489 e. The topological polar surface area (TPSA) is 64.4 Å². The van der Waals surface area contributed by atoms with Crippen LogP contribution in [0.5, 0.6) is 5.75 Å². The van der Waals surface area contributed by atoms with Crippen molar-refractivity contribution in [1.82, 2.24) is 10.3 Å². The summed E-state index contributed by atoms with van der Waals surface area (Å²) in [7, 11) is 0. The number of thiazole rings is 1. The first kappa shape index (κ1) is 18.9. The molecule has 0 spiro atoms. The second-order valence-electron chi connectivity index (χ2n) is 6.24. The normalized spacial score (nSPS) is 10.7. The molecule has 1 amide bonds. The van der Waals surface area contributed by atoms with Gasteiger partial charge in [0.1, 0.15) is 34.6 Å². The molecule has 0 bridgehead atoms. The average Bonchev–Trinajstić information content (AvgIpc) is 3.44. The van der Waals surface area contributed by atoms with Crippen molar-refractivity contribution in [2.24, 2.45) is 0 Å². The Morgan fingerprint density at radius 2 is 2.00 bits per heavy atom. The molecule has 4 rings (SSSR count). The van der Waals surface area contributed by atoms with Crippen LogP contribution in [-0.2, 0) is 13.2 Å². The van der Waals surface area contributed by atoms with E-state index in [4.69, 9.17) is 9.15 Å². The first-order chi connectivity index (χ1) is 14.2. The second kappa shape index (κ2) is 8.70. The van der Waals surface area contributed by atoms with Gasteiger partial charge in [0.25, 0.3) is 5.91 Å². The Morgan fingerprint density at radius 3 is 2.79 bits per heavy atom. The number of nitrogens with zero attached hydrogens (tertiary/aromatic N) is 1. The van der Waals surface area contributed by atoms with E-state index in [-0.39, 0.29) is 11.7 Å². The lowest BCUT2D eigenvalue weighted by Gasteiger charge is -2.07. The maximum atomic E-state index is 13.0. The molecule has 0 saturated carbocycles. The minimum absolute atomic E-state index is 0.257. The predicted octanol–water partition coefficient (Wildman–Crippen LogP) is 5.05. The molecule has 0 saturated heterocycles. The lowest BCUT2D eigenvalue weighted by molar-refractivity contribution is 0.0944. The molecule has 4 aromatic rings. The van der Waals surface area contributed by atoms with E-state index in [1.165, 1.54) is 23.5 Å². The van der Waals surface area contributed by atoms with Crippen LogP contribution >= 0.6 is 11.3 Å². The number of aromatic nitrogens is 1. The van der Waals surface area contributed by atoms with Crippen LogP contribution in [0, 0.1) is 5.82 Å². The number of amides is 1. The van der Waals surface area contributed by atoms with Crippen LogP contribution in [0.3, 0.4) is 0 Å². The highest BCUT2D eigenvalue weighted by Crippen LogP contribution is 2.27. The van der Waals surface area contributed by atoms with E-state index >= 15 is 0 Å². The summed E-state index contributed by atoms with van der Waals surface area (Å²) in [6, 6.07) is 17.2. The quantitative estimate of drug-likeness (QED) is 0.465. The summed E-state index contributed by atoms with van der Waals surface area (Å²) in [5.74, 6) is 0.821. The standard InChI is InChI=1S/C22H17FN2O3S/c23-17-8-6-15(7-9-17)13-28-18-4-1-3-16(11-18)22-25-20(14-29-22)21(26)24-12-19-5-2-10-27-19/h1-11,14H,12-13H2,(H,24,26). The maximum absolute atomic E-state index is 13.0. The zero-order valence-electron chi connectivity index (χ0n) is 15.3. The van der Waals surface area contributed by atoms with Gasteiger partial charge < -0.3 is 14.5 Å². The van der Waals surface area contributed by atoms with Crippen LogP contribution in [0.4, 0.5) is 4.39 Å². The number of hydrogen-bond acceptors (Lipinski definition) is 5. The summed E-state index contributed by atoms with van der Waals surface area (Å²) in [6.07, 6.45) is 1.56. The summed E-state index contributed by atoms with van der Waals surface area (Å²) in [4.78, 5) is 16.7. The van der Waals surface area contributed by atoms with Crippen molar-refractivity contribution in [1.29, 1.82) is 0 Å². The molecule has 0 radical (unpaired) electrons. The molecule has 0 atom stereocenters. The molecule has 5 nitrogen and oxygen atoms in total. The van der Waals surface area contributed by atoms with Crippen LogP contribution < -0.4 is 10.1 Å². The van der Waals surface area contributed by atoms with Gasteiger partial charge in [-0.3, -0.25) is 4.79 Å². The van der Waals surface area contributed by atoms with Crippen molar-refractivity contribution in [2.75, 3.05) is 0 Å². The van der Waals surface area contributed by atoms with Crippen molar-refractivity contribution in [3.8, 4) is 16.3 Å². The molecule has 0 aliphatic heterocycles. The Morgan fingerprint density at radius 1 is 1.14 bits per heavy atom. The van der Waals surface area contributed by atoms with Crippen LogP contribution in [0.15, 0.2) is 76.7 Å². The number of halogens is 1. The van der Waals surface area contributed by atoms with E-state index in [0.717, 1.165) is 16.1 Å². The SMILES string of the molecule is O=C(NCc1ccco1)c1csc(-c2cccc(OCc3ccc(F)cc3)c2)n1. The zero-order chi connectivity index (χ0) is 20.1. The molecule has 1 N–H and O–H groups in total. The molecule has 29 heavy (non-hydrogen) atoms. The first-order valence-corrected chi connectivity index (χ1v) is 9.79. The van der Waals surface area contributed by atoms with Gasteiger partial charge in [-0.1, -0.05) is 24.3 Å². The van der Waals surface area contributed by atoms with Gasteiger partial charge in [0.2, 0.25) is 0 Å². The van der Waals surface area contributed by atoms with Crippen LogP contribution in [0.1, 0.15) is 21.8 Å². The number of furan rings is 1. The lowest BCUT2D eigenvalue weighted by Crippen LogP contribution is -2.22. The summed E-state index contributed by atoms with van der Waals surface area (Å²) < 4.78 is 24.0. The number of rotatable bonds is 7. The molecule has 0 aliphatic carbocycles. The Labute approximate surface area is 170 Å². The minimum Gasteiger partial charge on any atom is -0.489 e. The van der Waals surface area contributed by atoms with Gasteiger partial charge in [-0.2, -0.15) is 0 Å². The highest BCUT2D eigenvalue weighted by Gasteiger charge is 2.12. The fraction of sp³-hybridized carbons (Fsp3) is 0.0909. The molecule has 2 aromatic heterocycles. The van der Waals surface area contributed by atoms with Gasteiger partial charge in [-0.05, 0) is 42.0 Å². The van der Waals surface area contributed by atoms with Crippen LogP contribution in [0.25, 0.3) is 10.6 Å². The summed E-state index contributed by atoms with van der Waals surface area (Å²) in [5.41, 5.74) is 2.09. The third kappa shape index (κ3) is 4.89. The number of carbonyl (C=O) groups excluding carboxylic acids is 1. The Balaban J connectivity index is 1.40. The number of benzene rings is 2. The first-order valence-electron chi connectivity index (χ1n) is 8.91. The van der Waals surface area contributed by atoms with Crippen molar-refractivity contribution in [3.05, 3.63) is 95.1 Å². The molecule has 146 valence electrons. The zero-order valence-corrected chi connectivity index (χ0v) is 16.1. The van der Waals surface area contributed by atoms with Gasteiger partial charge in [0.05, 0.1) is 12.8 Å². The van der Waals surface area contributed by atoms with Gasteiger partial charge >= 0.3 is 0 Å². The second-order valence-corrected chi connectivity index (χ2v) is 7.10. The fourth-order valence-electron chi connectivity index (χ4n) is 2.65. The van der Waals surface area contributed by atoms with Crippen molar-refractivity contribution < 1.29 is 18.3 Å². The van der Waals surface area contributed by atoms with Crippen molar-refractivity contribution in [2.45, 2.75) is 13.2 Å². The molecule has 2 heterocycles. The van der Waals surface area contributed by atoms with Crippen molar-refractivity contribution >= 4 is 17.2 Å². The Hall–Kier alpha value is -3.45. The predicted molar refractivity (Wildman–Crippen MR) is 108 cm³/mol. The third-order valence-electron chi connectivity index (χ3n) is 4.14. The number of hydrogen-bond donors (Lipinski definition) is 1. The molecule has 0 aliphatic rings. The van der Waals surface area contributed by atoms with E-state index in [2.05, 4.69) is 10.3 Å². The van der Waals surface area contributed by atoms with Crippen LogP contribution in [-0.4, -0.2) is 10.9 Å². The summed E-state index contributed by atoms with van der Waals surface area (Å²) >= 11 is 1.39. The van der Waals surface area contributed by atoms with Crippen LogP contribution in [0.2, 0.25) is 0 Å². The highest BCUT2D eigenvalue weighted by atomic mass is 32.1. The highest BCUT2D eigenvalue weighted by molar-refractivity contribution is 7.13. The number of ether oxygens (including phenoxy) is 1. The smallest absolute Gasteiger partial charge is 0.271 e. The number of nitrogens with one attached hydrogen (secondary N) is 1. The van der Waals surface area contributed by atoms with E-state index in [0.29, 0.717) is 30.4 Å². The van der Waals surface area contributed by atoms with Gasteiger partial charge in [0, 0.05) is 10.9 Å². The van der Waals surface area contributed by atoms with Crippen molar-refractivity contribution in [3.63, 3.8) is 0 Å². The molecule has 0 unspecified atom stereocenters. The Bertz CT molecular complexity index is 1090. The van der Waals surface area contributed by atoms with E-state index < -0.39 is 0 Å². The maximum Gasteiger partial charge on any atom is 0.271 e. The fourth-order valence-corrected chi connectivity index (χ4v) is 3.45. The van der Waals surface area contributed by atoms with Gasteiger partial charge in [0.15, 0.2) is 0 Å². The summed E-state index contributed by atoms with van der Waals surface area (Å²) in [5, 5.41) is 5.22. The molecular weight excluding hydrogens is 391 g/mol. The Kier molecular flexibility index (Phi) is 5.67. The minimum atomic E-state index is -0.275. The van der Waals surface area contributed by atoms with E-state index in [1.807, 2.05) is 24.3 Å². The average molecular weight is 408 g/mol. The molecule has 7 heteroatoms. The molecule has 0 fully saturated rings. The lowest BCUT2D eigenvalue weighted by atomic mass is 10.2. The van der Waals surface area contributed by atoms with Gasteiger partial charge in [-0.15, -0.1) is 11.3 Å². The molecule has 2 aromatic carbocycles. The number of carbonyl (C=O) groups is 1. The third-order valence-corrected chi connectivity index (χ3v) is 5.03. The van der Waals surface area contributed by atoms with E-state index in [9.17, 15) is 9.18 Å². The van der Waals surface area contributed by atoms with Gasteiger partial charge in [-0.25, -0.2) is 9.37 Å². The monoisotopic (exact) mass is 408 g/mol. The molecular formula is C22H17FN2O3S. The van der Waals surface area contributed by atoms with E-state index in [1.54, 1.807) is 35.9 Å².